The van der Waals surface area contributed by atoms with Crippen LogP contribution in [0.1, 0.15) is 184 Å². The molecule has 9 heterocycles. The fraction of sp³-hybridized carbons (Fsp3) is 0.443. The van der Waals surface area contributed by atoms with Gasteiger partial charge in [-0.05, 0) is 171 Å². The van der Waals surface area contributed by atoms with E-state index in [1.54, 1.807) is 25.0 Å². The minimum atomic E-state index is 0.302. The first-order chi connectivity index (χ1) is 42.4. The van der Waals surface area contributed by atoms with Crippen molar-refractivity contribution in [3.8, 4) is 0 Å². The van der Waals surface area contributed by atoms with Crippen LogP contribution in [0.3, 0.4) is 0 Å². The van der Waals surface area contributed by atoms with Gasteiger partial charge in [0.25, 0.3) is 0 Å². The summed E-state index contributed by atoms with van der Waals surface area (Å²) >= 11 is 0. The molecule has 0 aliphatic rings. The van der Waals surface area contributed by atoms with E-state index in [0.29, 0.717) is 37.9 Å². The van der Waals surface area contributed by atoms with E-state index in [9.17, 15) is 0 Å². The van der Waals surface area contributed by atoms with Gasteiger partial charge in [-0.1, -0.05) is 176 Å². The molecule has 11 rings (SSSR count). The summed E-state index contributed by atoms with van der Waals surface area (Å²) < 4.78 is 4.10. The molecule has 0 atom stereocenters. The van der Waals surface area contributed by atoms with Gasteiger partial charge in [0.05, 0.1) is 16.7 Å². The molecule has 0 saturated heterocycles. The van der Waals surface area contributed by atoms with Crippen LogP contribution in [-0.2, 0) is 44.9 Å². The molecule has 484 valence electrons. The van der Waals surface area contributed by atoms with Crippen LogP contribution in [0, 0.1) is 37.9 Å². The molecule has 0 amide bonds. The lowest BCUT2D eigenvalue weighted by atomic mass is 9.88. The highest BCUT2D eigenvalue weighted by Crippen LogP contribution is 2.27. The highest BCUT2D eigenvalue weighted by atomic mass is 15.0. The summed E-state index contributed by atoms with van der Waals surface area (Å²) in [7, 11) is 0. The van der Waals surface area contributed by atoms with E-state index < -0.39 is 0 Å². The van der Waals surface area contributed by atoms with Crippen molar-refractivity contribution in [2.24, 2.45) is 37.9 Å². The van der Waals surface area contributed by atoms with Gasteiger partial charge in [0.15, 0.2) is 0 Å². The molecule has 0 unspecified atom stereocenters. The second kappa shape index (κ2) is 33.3. The Hall–Kier alpha value is -8.12. The zero-order chi connectivity index (χ0) is 67.1. The number of benzene rings is 2. The van der Waals surface area contributed by atoms with Crippen molar-refractivity contribution >= 4 is 33.1 Å². The third-order valence-corrected chi connectivity index (χ3v) is 13.2. The van der Waals surface area contributed by atoms with Crippen LogP contribution in [0.2, 0.25) is 0 Å². The Balaban J connectivity index is 0.000000194. The molecule has 0 bridgehead atoms. The molecule has 9 aromatic heterocycles. The van der Waals surface area contributed by atoms with Crippen LogP contribution in [0.5, 0.6) is 0 Å². The lowest BCUT2D eigenvalue weighted by molar-refractivity contribution is 0.405. The van der Waals surface area contributed by atoms with E-state index in [0.717, 1.165) is 78.4 Å². The van der Waals surface area contributed by atoms with Gasteiger partial charge < -0.3 is 8.80 Å². The summed E-state index contributed by atoms with van der Waals surface area (Å²) in [6.45, 7) is 47.0. The van der Waals surface area contributed by atoms with Crippen LogP contribution in [-0.4, -0.2) is 58.6 Å². The van der Waals surface area contributed by atoms with Crippen molar-refractivity contribution in [1.29, 1.82) is 0 Å². The van der Waals surface area contributed by atoms with E-state index in [1.807, 2.05) is 84.7 Å². The maximum Gasteiger partial charge on any atom is 0.136 e. The Morgan fingerprint density at radius 3 is 1.32 bits per heavy atom. The van der Waals surface area contributed by atoms with Gasteiger partial charge in [0, 0.05) is 104 Å². The number of rotatable bonds is 7. The smallest absolute Gasteiger partial charge is 0.136 e. The number of nitrogens with zero attached hydrogens (tertiary/aromatic N) is 12. The van der Waals surface area contributed by atoms with Gasteiger partial charge in [-0.3, -0.25) is 19.9 Å². The summed E-state index contributed by atoms with van der Waals surface area (Å²) in [5.41, 5.74) is 15.5. The standard InChI is InChI=1S/C14H17N.C13H16N2.2C12H16N2.C10H15N.2C9H14N2/c1-14(2,3)10-11-6-7-13-12(9-11)5-4-8-15-13;1-13(2,3)7-10-4-5-12-11(6-10)8-14-9-15-12;1-12(2,3)9-10-4-6-14-7-5-13-11(14)8-10;1-12(2,3)8-10-4-5-11-13-6-7-14(11)9-10;1-10(2,3)7-9-5-4-6-11-8-9;1-9(2,3)4-8-5-10-7-11-6-8;1-9(2,3)6-8-7-10-4-5-11-8/h4-9H,10H2,1-3H3;4-6,8-9H,7H2,1-3H3;4-8H,9H2,1-3H3;4-7,9H,8H2,1-3H3;4-6,8H,7H2,1-3H3;5-7H,4H2,1-3H3;4-5,7H,6H2,1-3H3. The minimum Gasteiger partial charge on any atom is -0.307 e. The van der Waals surface area contributed by atoms with Crippen molar-refractivity contribution in [2.45, 2.75) is 190 Å². The van der Waals surface area contributed by atoms with E-state index in [1.165, 1.54) is 38.8 Å². The fourth-order valence-corrected chi connectivity index (χ4v) is 10.1. The van der Waals surface area contributed by atoms with Crippen molar-refractivity contribution in [3.63, 3.8) is 0 Å². The normalized spacial score (nSPS) is 11.9. The third kappa shape index (κ3) is 31.5. The zero-order valence-electron chi connectivity index (χ0n) is 59.2. The fourth-order valence-electron chi connectivity index (χ4n) is 10.1. The molecule has 2 aromatic carbocycles. The third-order valence-electron chi connectivity index (χ3n) is 13.2. The van der Waals surface area contributed by atoms with Crippen molar-refractivity contribution in [2.75, 3.05) is 0 Å². The Kier molecular flexibility index (Phi) is 26.9. The molecule has 0 radical (unpaired) electrons. The maximum atomic E-state index is 4.32. The molecule has 0 fully saturated rings. The highest BCUT2D eigenvalue weighted by molar-refractivity contribution is 5.79. The first-order valence-corrected chi connectivity index (χ1v) is 32.1. The second-order valence-corrected chi connectivity index (χ2v) is 32.4. The van der Waals surface area contributed by atoms with E-state index in [4.69, 9.17) is 0 Å². The van der Waals surface area contributed by atoms with Gasteiger partial charge in [-0.2, -0.15) is 0 Å². The predicted octanol–water partition coefficient (Wildman–Crippen LogP) is 19.7. The predicted molar refractivity (Wildman–Crippen MR) is 382 cm³/mol. The first-order valence-electron chi connectivity index (χ1n) is 32.1. The van der Waals surface area contributed by atoms with Crippen molar-refractivity contribution in [1.82, 2.24) is 58.6 Å². The summed E-state index contributed by atoms with van der Waals surface area (Å²) in [6.07, 6.45) is 39.0. The van der Waals surface area contributed by atoms with Crippen molar-refractivity contribution in [3.05, 3.63) is 230 Å². The minimum absolute atomic E-state index is 0.302. The number of pyridine rings is 4. The average molecular weight is 1230 g/mol. The first kappa shape index (κ1) is 73.6. The maximum absolute atomic E-state index is 4.32. The highest BCUT2D eigenvalue weighted by Gasteiger charge is 2.16. The topological polar surface area (TPSA) is 138 Å². The van der Waals surface area contributed by atoms with Gasteiger partial charge in [0.2, 0.25) is 0 Å². The molecule has 0 N–H and O–H groups in total. The number of hydrogen-bond acceptors (Lipinski definition) is 10. The summed E-state index contributed by atoms with van der Waals surface area (Å²) in [4.78, 5) is 41.2. The van der Waals surface area contributed by atoms with E-state index in [-0.39, 0.29) is 0 Å². The number of fused-ring (bicyclic) bond motifs is 4. The van der Waals surface area contributed by atoms with Crippen molar-refractivity contribution < 1.29 is 0 Å². The molecule has 12 heteroatoms. The van der Waals surface area contributed by atoms with Crippen LogP contribution < -0.4 is 0 Å². The molecule has 0 saturated carbocycles. The second-order valence-electron chi connectivity index (χ2n) is 32.4. The van der Waals surface area contributed by atoms with Crippen LogP contribution >= 0.6 is 0 Å². The molecule has 12 nitrogen and oxygen atoms in total. The lowest BCUT2D eigenvalue weighted by Crippen LogP contribution is -2.10. The molecule has 0 spiro atoms. The van der Waals surface area contributed by atoms with Gasteiger partial charge in [-0.15, -0.1) is 0 Å². The SMILES string of the molecule is CC(C)(C)Cc1ccc2ncccc2c1.CC(C)(C)Cc1ccc2nccn2c1.CC(C)(C)Cc1ccc2ncncc2c1.CC(C)(C)Cc1cccnc1.CC(C)(C)Cc1ccn2ccnc2c1.CC(C)(C)Cc1cnccn1.CC(C)(C)Cc1cncnc1. The Bertz CT molecular complexity index is 3540. The van der Waals surface area contributed by atoms with Gasteiger partial charge in [-0.25, -0.2) is 29.9 Å². The number of aromatic nitrogens is 12. The summed E-state index contributed by atoms with van der Waals surface area (Å²) in [6, 6.07) is 29.7. The Morgan fingerprint density at radius 2 is 0.758 bits per heavy atom. The molecule has 91 heavy (non-hydrogen) atoms. The van der Waals surface area contributed by atoms with Crippen LogP contribution in [0.15, 0.2) is 191 Å². The molecule has 11 aromatic rings. The molecular weight excluding hydrogens is 1120 g/mol. The van der Waals surface area contributed by atoms with Crippen LogP contribution in [0.4, 0.5) is 0 Å². The lowest BCUT2D eigenvalue weighted by Gasteiger charge is -2.18. The van der Waals surface area contributed by atoms with E-state index in [2.05, 4.69) is 285 Å². The summed E-state index contributed by atoms with van der Waals surface area (Å²) in [5, 5.41) is 2.36. The quantitative estimate of drug-likeness (QED) is 0.152. The Labute approximate surface area is 546 Å². The van der Waals surface area contributed by atoms with Crippen LogP contribution in [0.25, 0.3) is 33.1 Å². The number of imidazole rings is 2. The molecule has 0 aliphatic carbocycles. The number of hydrogen-bond donors (Lipinski definition) is 0. The largest absolute Gasteiger partial charge is 0.307 e. The van der Waals surface area contributed by atoms with Gasteiger partial charge in [0.1, 0.15) is 23.9 Å². The van der Waals surface area contributed by atoms with Gasteiger partial charge >= 0.3 is 0 Å². The van der Waals surface area contributed by atoms with E-state index >= 15 is 0 Å². The summed E-state index contributed by atoms with van der Waals surface area (Å²) in [5.74, 6) is 0. The zero-order valence-corrected chi connectivity index (χ0v) is 59.2. The molecular formula is C79H108N12. The average Bonchev–Trinajstić information content (AvgIpc) is 2.41. The molecule has 0 aliphatic heterocycles. The Morgan fingerprint density at radius 1 is 0.286 bits per heavy atom. The monoisotopic (exact) mass is 1220 g/mol.